The zero-order chi connectivity index (χ0) is 10.9. The Hall–Kier alpha value is -0.870. The van der Waals surface area contributed by atoms with Crippen LogP contribution in [0.5, 0.6) is 0 Å². The van der Waals surface area contributed by atoms with Crippen molar-refractivity contribution < 1.29 is 19.4 Å². The molecule has 1 aliphatic heterocycles. The molecule has 2 unspecified atom stereocenters. The van der Waals surface area contributed by atoms with Crippen molar-refractivity contribution in [3.63, 3.8) is 0 Å². The minimum absolute atomic E-state index is 0.425. The lowest BCUT2D eigenvalue weighted by Crippen LogP contribution is -2.52. The van der Waals surface area contributed by atoms with E-state index < -0.39 is 24.0 Å². The third kappa shape index (κ3) is 1.92. The number of aliphatic hydroxyl groups is 1. The van der Waals surface area contributed by atoms with Crippen LogP contribution in [-0.4, -0.2) is 23.2 Å². The molecular formula is C11H16O4. The van der Waals surface area contributed by atoms with Crippen molar-refractivity contribution in [2.75, 3.05) is 0 Å². The normalized spacial score (nSPS) is 34.9. The van der Waals surface area contributed by atoms with Crippen LogP contribution in [0, 0.1) is 5.92 Å². The maximum atomic E-state index is 11.6. The van der Waals surface area contributed by atoms with E-state index in [4.69, 9.17) is 9.47 Å². The van der Waals surface area contributed by atoms with Gasteiger partial charge in [0.1, 0.15) is 5.92 Å². The first-order valence-electron chi connectivity index (χ1n) is 5.38. The molecule has 4 heteroatoms. The van der Waals surface area contributed by atoms with Crippen LogP contribution in [0.25, 0.3) is 0 Å². The van der Waals surface area contributed by atoms with Crippen LogP contribution in [0.3, 0.4) is 0 Å². The molecule has 0 aromatic heterocycles. The second kappa shape index (κ2) is 3.94. The van der Waals surface area contributed by atoms with Crippen molar-refractivity contribution >= 4 is 5.97 Å². The molecule has 0 aromatic rings. The van der Waals surface area contributed by atoms with Gasteiger partial charge in [-0.25, -0.2) is 0 Å². The van der Waals surface area contributed by atoms with Gasteiger partial charge in [0, 0.05) is 12.8 Å². The number of hydrogen-bond donors (Lipinski definition) is 1. The van der Waals surface area contributed by atoms with Gasteiger partial charge in [-0.3, -0.25) is 4.79 Å². The molecule has 2 rings (SSSR count). The lowest BCUT2D eigenvalue weighted by atomic mass is 9.92. The van der Waals surface area contributed by atoms with Crippen LogP contribution >= 0.6 is 0 Å². The van der Waals surface area contributed by atoms with E-state index in [1.165, 1.54) is 6.08 Å². The summed E-state index contributed by atoms with van der Waals surface area (Å²) >= 11 is 0. The molecule has 15 heavy (non-hydrogen) atoms. The highest BCUT2D eigenvalue weighted by Crippen LogP contribution is 2.38. The van der Waals surface area contributed by atoms with Crippen molar-refractivity contribution in [3.05, 3.63) is 12.7 Å². The Labute approximate surface area is 88.9 Å². The average Bonchev–Trinajstić information content (AvgIpc) is 2.18. The largest absolute Gasteiger partial charge is 0.432 e. The van der Waals surface area contributed by atoms with Gasteiger partial charge in [0.25, 0.3) is 0 Å². The molecule has 2 atom stereocenters. The second-order valence-electron chi connectivity index (χ2n) is 4.16. The highest BCUT2D eigenvalue weighted by Gasteiger charge is 2.47. The molecule has 2 aliphatic rings. The lowest BCUT2D eigenvalue weighted by Gasteiger charge is -2.43. The number of carbonyl (C=O) groups excluding carboxylic acids is 1. The number of rotatable bonds is 1. The molecule has 84 valence electrons. The summed E-state index contributed by atoms with van der Waals surface area (Å²) in [5.74, 6) is -2.04. The maximum absolute atomic E-state index is 11.6. The molecule has 0 aromatic carbocycles. The van der Waals surface area contributed by atoms with Gasteiger partial charge >= 0.3 is 5.97 Å². The summed E-state index contributed by atoms with van der Waals surface area (Å²) in [7, 11) is 0. The zero-order valence-corrected chi connectivity index (χ0v) is 8.65. The SMILES string of the molecule is C=CC1C(=O)OC2(CCCCC2)OC1O. The molecule has 1 saturated heterocycles. The first-order chi connectivity index (χ1) is 7.17. The summed E-state index contributed by atoms with van der Waals surface area (Å²) in [5, 5.41) is 9.66. The fourth-order valence-corrected chi connectivity index (χ4v) is 2.21. The Morgan fingerprint density at radius 1 is 1.40 bits per heavy atom. The molecule has 1 heterocycles. The van der Waals surface area contributed by atoms with Gasteiger partial charge in [-0.1, -0.05) is 12.5 Å². The number of hydrogen-bond acceptors (Lipinski definition) is 4. The van der Waals surface area contributed by atoms with Gasteiger partial charge < -0.3 is 14.6 Å². The standard InChI is InChI=1S/C11H16O4/c1-2-8-9(12)14-11(15-10(8)13)6-4-3-5-7-11/h2,8-9,12H,1,3-7H2. The van der Waals surface area contributed by atoms with Gasteiger partial charge in [0.2, 0.25) is 5.79 Å². The Bertz CT molecular complexity index is 268. The average molecular weight is 212 g/mol. The van der Waals surface area contributed by atoms with Gasteiger partial charge in [0.05, 0.1) is 0 Å². The van der Waals surface area contributed by atoms with Gasteiger partial charge in [-0.15, -0.1) is 6.58 Å². The first kappa shape index (κ1) is 10.6. The minimum atomic E-state index is -1.11. The minimum Gasteiger partial charge on any atom is -0.432 e. The van der Waals surface area contributed by atoms with Crippen molar-refractivity contribution in [2.45, 2.75) is 44.2 Å². The summed E-state index contributed by atoms with van der Waals surface area (Å²) in [4.78, 5) is 11.6. The van der Waals surface area contributed by atoms with Crippen molar-refractivity contribution in [2.24, 2.45) is 5.92 Å². The molecule has 2 fully saturated rings. The van der Waals surface area contributed by atoms with E-state index in [2.05, 4.69) is 6.58 Å². The molecule has 1 saturated carbocycles. The quantitative estimate of drug-likeness (QED) is 0.526. The highest BCUT2D eigenvalue weighted by molar-refractivity contribution is 5.75. The summed E-state index contributed by atoms with van der Waals surface area (Å²) < 4.78 is 10.7. The van der Waals surface area contributed by atoms with E-state index in [0.29, 0.717) is 12.8 Å². The van der Waals surface area contributed by atoms with Crippen LogP contribution in [0.4, 0.5) is 0 Å². The molecular weight excluding hydrogens is 196 g/mol. The van der Waals surface area contributed by atoms with Gasteiger partial charge in [-0.2, -0.15) is 0 Å². The molecule has 4 nitrogen and oxygen atoms in total. The highest BCUT2D eigenvalue weighted by atomic mass is 16.8. The maximum Gasteiger partial charge on any atom is 0.320 e. The molecule has 0 bridgehead atoms. The molecule has 1 spiro atoms. The Morgan fingerprint density at radius 2 is 2.07 bits per heavy atom. The van der Waals surface area contributed by atoms with E-state index in [-0.39, 0.29) is 0 Å². The Morgan fingerprint density at radius 3 is 2.60 bits per heavy atom. The van der Waals surface area contributed by atoms with E-state index in [9.17, 15) is 9.90 Å². The Kier molecular flexibility index (Phi) is 2.80. The number of ether oxygens (including phenoxy) is 2. The Balaban J connectivity index is 2.11. The molecule has 1 N–H and O–H groups in total. The lowest BCUT2D eigenvalue weighted by molar-refractivity contribution is -0.332. The van der Waals surface area contributed by atoms with E-state index in [0.717, 1.165) is 19.3 Å². The van der Waals surface area contributed by atoms with E-state index in [1.54, 1.807) is 0 Å². The van der Waals surface area contributed by atoms with Gasteiger partial charge in [-0.05, 0) is 12.8 Å². The molecule has 1 aliphatic carbocycles. The number of aliphatic hydroxyl groups excluding tert-OH is 1. The van der Waals surface area contributed by atoms with Crippen molar-refractivity contribution in [1.29, 1.82) is 0 Å². The smallest absolute Gasteiger partial charge is 0.320 e. The van der Waals surface area contributed by atoms with E-state index in [1.807, 2.05) is 0 Å². The van der Waals surface area contributed by atoms with E-state index >= 15 is 0 Å². The third-order valence-corrected chi connectivity index (χ3v) is 3.07. The fourth-order valence-electron chi connectivity index (χ4n) is 2.21. The number of esters is 1. The summed E-state index contributed by atoms with van der Waals surface area (Å²) in [6.07, 6.45) is 4.69. The second-order valence-corrected chi connectivity index (χ2v) is 4.16. The molecule has 0 amide bonds. The first-order valence-corrected chi connectivity index (χ1v) is 5.38. The van der Waals surface area contributed by atoms with Crippen LogP contribution in [0.15, 0.2) is 12.7 Å². The predicted molar refractivity (Wildman–Crippen MR) is 52.7 cm³/mol. The molecule has 0 radical (unpaired) electrons. The van der Waals surface area contributed by atoms with Crippen molar-refractivity contribution in [3.8, 4) is 0 Å². The summed E-state index contributed by atoms with van der Waals surface area (Å²) in [5.41, 5.74) is 0. The summed E-state index contributed by atoms with van der Waals surface area (Å²) in [6, 6.07) is 0. The zero-order valence-electron chi connectivity index (χ0n) is 8.65. The monoisotopic (exact) mass is 212 g/mol. The topological polar surface area (TPSA) is 55.8 Å². The predicted octanol–water partition coefficient (Wildman–Crippen LogP) is 1.34. The van der Waals surface area contributed by atoms with Gasteiger partial charge in [0.15, 0.2) is 6.29 Å². The van der Waals surface area contributed by atoms with Crippen molar-refractivity contribution in [1.82, 2.24) is 0 Å². The van der Waals surface area contributed by atoms with Crippen LogP contribution in [-0.2, 0) is 14.3 Å². The number of carbonyl (C=O) groups is 1. The summed E-state index contributed by atoms with van der Waals surface area (Å²) in [6.45, 7) is 3.48. The van der Waals surface area contributed by atoms with Crippen LogP contribution in [0.1, 0.15) is 32.1 Å². The van der Waals surface area contributed by atoms with Crippen LogP contribution in [0.2, 0.25) is 0 Å². The third-order valence-electron chi connectivity index (χ3n) is 3.07. The fraction of sp³-hybridized carbons (Fsp3) is 0.727. The van der Waals surface area contributed by atoms with Crippen LogP contribution < -0.4 is 0 Å².